The van der Waals surface area contributed by atoms with E-state index in [1.54, 1.807) is 6.07 Å². The van der Waals surface area contributed by atoms with Crippen molar-refractivity contribution in [2.24, 2.45) is 0 Å². The van der Waals surface area contributed by atoms with E-state index in [4.69, 9.17) is 10.5 Å². The molecular formula is C22H27N3O. The number of hydrogen-bond donors (Lipinski definition) is 1. The van der Waals surface area contributed by atoms with Crippen LogP contribution >= 0.6 is 0 Å². The predicted molar refractivity (Wildman–Crippen MR) is 109 cm³/mol. The lowest BCUT2D eigenvalue weighted by Crippen LogP contribution is -2.40. The second kappa shape index (κ2) is 7.34. The topological polar surface area (TPSA) is 51.4 Å². The van der Waals surface area contributed by atoms with E-state index >= 15 is 0 Å². The minimum Gasteiger partial charge on any atom is -0.492 e. The molecule has 2 N–H and O–H groups in total. The highest BCUT2D eigenvalue weighted by Crippen LogP contribution is 2.34. The number of nitrogens with zero attached hydrogens (tertiary/aromatic N) is 2. The normalized spacial score (nSPS) is 11.9. The van der Waals surface area contributed by atoms with E-state index in [1.807, 2.05) is 30.3 Å². The van der Waals surface area contributed by atoms with Crippen molar-refractivity contribution in [1.82, 2.24) is 9.88 Å². The second-order valence-corrected chi connectivity index (χ2v) is 7.55. The Labute approximate surface area is 155 Å². The number of benzene rings is 2. The number of pyridine rings is 1. The van der Waals surface area contributed by atoms with Gasteiger partial charge in [0.2, 0.25) is 0 Å². The zero-order valence-electron chi connectivity index (χ0n) is 16.0. The fourth-order valence-electron chi connectivity index (χ4n) is 2.85. The van der Waals surface area contributed by atoms with Crippen molar-refractivity contribution in [3.8, 4) is 17.0 Å². The van der Waals surface area contributed by atoms with Gasteiger partial charge in [0.25, 0.3) is 0 Å². The molecule has 3 rings (SSSR count). The van der Waals surface area contributed by atoms with E-state index in [1.165, 1.54) is 0 Å². The molecule has 1 aromatic heterocycles. The number of hydrogen-bond acceptors (Lipinski definition) is 4. The number of aromatic nitrogens is 1. The third kappa shape index (κ3) is 3.97. The molecule has 0 fully saturated rings. The van der Waals surface area contributed by atoms with Crippen LogP contribution in [0.25, 0.3) is 22.0 Å². The first-order valence-electron chi connectivity index (χ1n) is 8.95. The summed E-state index contributed by atoms with van der Waals surface area (Å²) in [7, 11) is 2.12. The molecule has 0 radical (unpaired) electrons. The monoisotopic (exact) mass is 349 g/mol. The van der Waals surface area contributed by atoms with Gasteiger partial charge in [0.1, 0.15) is 18.2 Å². The Hall–Kier alpha value is -2.59. The summed E-state index contributed by atoms with van der Waals surface area (Å²) < 4.78 is 6.11. The van der Waals surface area contributed by atoms with Crippen LogP contribution in [-0.2, 0) is 0 Å². The molecule has 4 heteroatoms. The van der Waals surface area contributed by atoms with Crippen LogP contribution in [0.1, 0.15) is 20.8 Å². The maximum absolute atomic E-state index is 6.11. The molecule has 0 bridgehead atoms. The minimum atomic E-state index is 0.133. The Kier molecular flexibility index (Phi) is 5.14. The number of ether oxygens (including phenoxy) is 1. The lowest BCUT2D eigenvalue weighted by molar-refractivity contribution is 0.145. The Morgan fingerprint density at radius 2 is 1.69 bits per heavy atom. The molecule has 2 aromatic carbocycles. The van der Waals surface area contributed by atoms with Crippen molar-refractivity contribution >= 4 is 16.6 Å². The van der Waals surface area contributed by atoms with Crippen LogP contribution in [0.3, 0.4) is 0 Å². The van der Waals surface area contributed by atoms with Gasteiger partial charge in [-0.15, -0.1) is 0 Å². The van der Waals surface area contributed by atoms with E-state index < -0.39 is 0 Å². The maximum atomic E-state index is 6.11. The summed E-state index contributed by atoms with van der Waals surface area (Å²) in [6, 6.07) is 18.1. The van der Waals surface area contributed by atoms with Gasteiger partial charge in [0, 0.05) is 23.0 Å². The smallest absolute Gasteiger partial charge is 0.127 e. The largest absolute Gasteiger partial charge is 0.492 e. The Morgan fingerprint density at radius 3 is 2.38 bits per heavy atom. The van der Waals surface area contributed by atoms with E-state index in [0.29, 0.717) is 12.4 Å². The third-order valence-electron chi connectivity index (χ3n) is 4.76. The number of rotatable bonds is 5. The van der Waals surface area contributed by atoms with Crippen LogP contribution in [-0.4, -0.2) is 35.6 Å². The van der Waals surface area contributed by atoms with Gasteiger partial charge in [0.05, 0.1) is 5.69 Å². The first kappa shape index (κ1) is 18.2. The summed E-state index contributed by atoms with van der Waals surface area (Å²) in [6.07, 6.45) is 0. The summed E-state index contributed by atoms with van der Waals surface area (Å²) in [6.45, 7) is 8.13. The summed E-state index contributed by atoms with van der Waals surface area (Å²) in [4.78, 5) is 6.76. The Morgan fingerprint density at radius 1 is 0.962 bits per heavy atom. The summed E-state index contributed by atoms with van der Waals surface area (Å²) in [5.41, 5.74) is 7.93. The average molecular weight is 349 g/mol. The minimum absolute atomic E-state index is 0.133. The number of anilines is 1. The Balaban J connectivity index is 1.89. The van der Waals surface area contributed by atoms with Crippen LogP contribution in [0, 0.1) is 0 Å². The van der Waals surface area contributed by atoms with Crippen molar-refractivity contribution in [1.29, 1.82) is 0 Å². The van der Waals surface area contributed by atoms with E-state index in [0.717, 1.165) is 34.3 Å². The molecule has 0 aliphatic carbocycles. The van der Waals surface area contributed by atoms with Gasteiger partial charge in [0.15, 0.2) is 0 Å². The molecule has 0 atom stereocenters. The Bertz CT molecular complexity index is 899. The van der Waals surface area contributed by atoms with Gasteiger partial charge in [-0.1, -0.05) is 30.3 Å². The third-order valence-corrected chi connectivity index (χ3v) is 4.76. The van der Waals surface area contributed by atoms with E-state index in [-0.39, 0.29) is 5.54 Å². The highest BCUT2D eigenvalue weighted by atomic mass is 16.5. The van der Waals surface area contributed by atoms with Crippen LogP contribution < -0.4 is 10.5 Å². The fraction of sp³-hybridized carbons (Fsp3) is 0.318. The van der Waals surface area contributed by atoms with Crippen molar-refractivity contribution in [2.75, 3.05) is 25.9 Å². The fourth-order valence-corrected chi connectivity index (χ4v) is 2.85. The molecule has 26 heavy (non-hydrogen) atoms. The molecule has 0 saturated carbocycles. The van der Waals surface area contributed by atoms with E-state index in [2.05, 4.69) is 55.9 Å². The van der Waals surface area contributed by atoms with E-state index in [9.17, 15) is 0 Å². The molecule has 4 nitrogen and oxygen atoms in total. The zero-order chi connectivity index (χ0) is 18.7. The van der Waals surface area contributed by atoms with Gasteiger partial charge in [-0.2, -0.15) is 0 Å². The van der Waals surface area contributed by atoms with Crippen molar-refractivity contribution in [3.63, 3.8) is 0 Å². The van der Waals surface area contributed by atoms with Crippen LogP contribution in [0.4, 0.5) is 5.82 Å². The molecule has 3 aromatic rings. The lowest BCUT2D eigenvalue weighted by atomic mass is 10.0. The zero-order valence-corrected chi connectivity index (χ0v) is 16.0. The highest BCUT2D eigenvalue weighted by molar-refractivity contribution is 5.99. The van der Waals surface area contributed by atoms with Crippen molar-refractivity contribution in [2.45, 2.75) is 26.3 Å². The molecule has 0 aliphatic heterocycles. The van der Waals surface area contributed by atoms with Crippen molar-refractivity contribution in [3.05, 3.63) is 54.6 Å². The second-order valence-electron chi connectivity index (χ2n) is 7.55. The standard InChI is InChI=1S/C22H27N3O/c1-22(2,3)25(4)14-15-26-20-13-12-17(16-8-5-6-9-18(16)20)19-10-7-11-21(23)24-19/h5-13H,14-15H2,1-4H3,(H2,23,24). The van der Waals surface area contributed by atoms with Gasteiger partial charge < -0.3 is 10.5 Å². The number of likely N-dealkylation sites (N-methyl/N-ethyl adjacent to an activating group) is 1. The molecule has 136 valence electrons. The quantitative estimate of drug-likeness (QED) is 0.732. The summed E-state index contributed by atoms with van der Waals surface area (Å²) in [5.74, 6) is 1.42. The molecular weight excluding hydrogens is 322 g/mol. The molecule has 0 saturated heterocycles. The average Bonchev–Trinajstić information content (AvgIpc) is 2.61. The van der Waals surface area contributed by atoms with Crippen LogP contribution in [0.2, 0.25) is 0 Å². The predicted octanol–water partition coefficient (Wildman–Crippen LogP) is 4.59. The summed E-state index contributed by atoms with van der Waals surface area (Å²) in [5, 5.41) is 2.21. The van der Waals surface area contributed by atoms with Crippen LogP contribution in [0.15, 0.2) is 54.6 Å². The van der Waals surface area contributed by atoms with Crippen molar-refractivity contribution < 1.29 is 4.74 Å². The van der Waals surface area contributed by atoms with Crippen LogP contribution in [0.5, 0.6) is 5.75 Å². The molecule has 0 aliphatic rings. The van der Waals surface area contributed by atoms with Gasteiger partial charge >= 0.3 is 0 Å². The first-order chi connectivity index (χ1) is 12.4. The number of nitrogens with two attached hydrogens (primary N) is 1. The summed E-state index contributed by atoms with van der Waals surface area (Å²) >= 11 is 0. The highest BCUT2D eigenvalue weighted by Gasteiger charge is 2.16. The molecule has 0 spiro atoms. The maximum Gasteiger partial charge on any atom is 0.127 e. The van der Waals surface area contributed by atoms with Gasteiger partial charge in [-0.3, -0.25) is 4.90 Å². The number of nitrogen functional groups attached to an aromatic ring is 1. The van der Waals surface area contributed by atoms with Gasteiger partial charge in [-0.05, 0) is 57.5 Å². The molecule has 0 amide bonds. The lowest BCUT2D eigenvalue weighted by Gasteiger charge is -2.31. The first-order valence-corrected chi connectivity index (χ1v) is 8.95. The SMILES string of the molecule is CN(CCOc1ccc(-c2cccc(N)n2)c2ccccc12)C(C)(C)C. The molecule has 0 unspecified atom stereocenters. The molecule has 1 heterocycles. The van der Waals surface area contributed by atoms with Gasteiger partial charge in [-0.25, -0.2) is 4.98 Å². The number of fused-ring (bicyclic) bond motifs is 1.